The molecule has 2 unspecified atom stereocenters. The van der Waals surface area contributed by atoms with Crippen LogP contribution in [-0.2, 0) is 14.8 Å². The summed E-state index contributed by atoms with van der Waals surface area (Å²) in [7, 11) is -1.65. The summed E-state index contributed by atoms with van der Waals surface area (Å²) in [4.78, 5) is 0. The maximum Gasteiger partial charge on any atom is 0.216 e. The van der Waals surface area contributed by atoms with Gasteiger partial charge in [0, 0.05) is 25.6 Å². The minimum atomic E-state index is -3.15. The summed E-state index contributed by atoms with van der Waals surface area (Å²) in [5, 5.41) is 0.0962. The average molecular weight is 256 g/mol. The van der Waals surface area contributed by atoms with Crippen LogP contribution in [0.5, 0.6) is 0 Å². The molecule has 0 saturated carbocycles. The molecular formula is C9H18ClNO3S. The first kappa shape index (κ1) is 13.2. The first-order valence-corrected chi connectivity index (χ1v) is 7.12. The average Bonchev–Trinajstić information content (AvgIpc) is 2.19. The van der Waals surface area contributed by atoms with Crippen molar-refractivity contribution in [2.24, 2.45) is 5.92 Å². The fourth-order valence-electron chi connectivity index (χ4n) is 1.65. The summed E-state index contributed by atoms with van der Waals surface area (Å²) in [6.07, 6.45) is 0.731. The van der Waals surface area contributed by atoms with Crippen LogP contribution in [-0.4, -0.2) is 50.7 Å². The number of ether oxygens (including phenoxy) is 1. The Morgan fingerprint density at radius 2 is 2.20 bits per heavy atom. The van der Waals surface area contributed by atoms with Gasteiger partial charge in [-0.05, 0) is 12.3 Å². The van der Waals surface area contributed by atoms with E-state index in [1.807, 2.05) is 6.92 Å². The van der Waals surface area contributed by atoms with Gasteiger partial charge in [0.15, 0.2) is 0 Å². The van der Waals surface area contributed by atoms with Crippen molar-refractivity contribution in [2.75, 3.05) is 32.6 Å². The molecule has 4 nitrogen and oxygen atoms in total. The molecule has 0 radical (unpaired) electrons. The number of halogens is 1. The van der Waals surface area contributed by atoms with Crippen LogP contribution in [0.2, 0.25) is 0 Å². The van der Waals surface area contributed by atoms with Crippen LogP contribution in [0, 0.1) is 5.92 Å². The third-order valence-electron chi connectivity index (χ3n) is 2.70. The summed E-state index contributed by atoms with van der Waals surface area (Å²) < 4.78 is 29.9. The van der Waals surface area contributed by atoms with E-state index < -0.39 is 10.0 Å². The Morgan fingerprint density at radius 3 is 2.73 bits per heavy atom. The molecule has 0 amide bonds. The highest BCUT2D eigenvalue weighted by atomic mass is 35.5. The molecule has 1 heterocycles. The highest BCUT2D eigenvalue weighted by molar-refractivity contribution is 7.89. The molecule has 0 aromatic carbocycles. The molecule has 1 saturated heterocycles. The van der Waals surface area contributed by atoms with Crippen molar-refractivity contribution < 1.29 is 13.2 Å². The number of hydrogen-bond acceptors (Lipinski definition) is 3. The Balaban J connectivity index is 2.57. The number of methoxy groups -OCH3 is 1. The molecule has 0 N–H and O–H groups in total. The van der Waals surface area contributed by atoms with Crippen LogP contribution in [0.15, 0.2) is 0 Å². The summed E-state index contributed by atoms with van der Waals surface area (Å²) >= 11 is 6.04. The van der Waals surface area contributed by atoms with E-state index in [-0.39, 0.29) is 23.7 Å². The van der Waals surface area contributed by atoms with Crippen molar-refractivity contribution >= 4 is 21.6 Å². The predicted molar refractivity (Wildman–Crippen MR) is 60.7 cm³/mol. The van der Waals surface area contributed by atoms with E-state index >= 15 is 0 Å². The van der Waals surface area contributed by atoms with Crippen LogP contribution < -0.4 is 0 Å². The number of rotatable bonds is 4. The number of sulfonamides is 1. The maximum atomic E-state index is 11.8. The monoisotopic (exact) mass is 255 g/mol. The van der Waals surface area contributed by atoms with Gasteiger partial charge in [-0.1, -0.05) is 6.92 Å². The molecule has 1 aliphatic rings. The lowest BCUT2D eigenvalue weighted by molar-refractivity contribution is 0.213. The van der Waals surface area contributed by atoms with E-state index in [4.69, 9.17) is 16.3 Å². The summed E-state index contributed by atoms with van der Waals surface area (Å²) in [5.41, 5.74) is 0. The van der Waals surface area contributed by atoms with Gasteiger partial charge < -0.3 is 4.74 Å². The number of hydrogen-bond donors (Lipinski definition) is 0. The molecule has 0 spiro atoms. The molecule has 1 fully saturated rings. The quantitative estimate of drug-likeness (QED) is 0.702. The van der Waals surface area contributed by atoms with E-state index in [0.717, 1.165) is 6.42 Å². The minimum Gasteiger partial charge on any atom is -0.384 e. The summed E-state index contributed by atoms with van der Waals surface area (Å²) in [6, 6.07) is 0. The highest BCUT2D eigenvalue weighted by Crippen LogP contribution is 2.23. The van der Waals surface area contributed by atoms with Gasteiger partial charge in [0.25, 0.3) is 0 Å². The fourth-order valence-corrected chi connectivity index (χ4v) is 3.31. The summed E-state index contributed by atoms with van der Waals surface area (Å²) in [5.74, 6) is 0.279. The molecule has 15 heavy (non-hydrogen) atoms. The van der Waals surface area contributed by atoms with E-state index in [1.165, 1.54) is 11.4 Å². The van der Waals surface area contributed by atoms with Crippen molar-refractivity contribution in [1.29, 1.82) is 0 Å². The predicted octanol–water partition coefficient (Wildman–Crippen LogP) is 0.912. The molecule has 6 heteroatoms. The van der Waals surface area contributed by atoms with Gasteiger partial charge in [-0.25, -0.2) is 12.7 Å². The smallest absolute Gasteiger partial charge is 0.216 e. The number of nitrogens with zero attached hydrogens (tertiary/aromatic N) is 1. The molecule has 0 bridgehead atoms. The number of piperidine rings is 1. The Labute approximate surface area is 96.6 Å². The van der Waals surface area contributed by atoms with Gasteiger partial charge in [0.05, 0.1) is 12.4 Å². The van der Waals surface area contributed by atoms with Gasteiger partial charge in [0.2, 0.25) is 10.0 Å². The van der Waals surface area contributed by atoms with Gasteiger partial charge in [-0.3, -0.25) is 0 Å². The third-order valence-corrected chi connectivity index (χ3v) is 5.15. The van der Waals surface area contributed by atoms with Crippen LogP contribution in [0.25, 0.3) is 0 Å². The Kier molecular flexibility index (Phi) is 4.83. The Morgan fingerprint density at radius 1 is 1.53 bits per heavy atom. The van der Waals surface area contributed by atoms with Crippen LogP contribution in [0.1, 0.15) is 13.3 Å². The molecule has 90 valence electrons. The first-order chi connectivity index (χ1) is 6.97. The van der Waals surface area contributed by atoms with E-state index in [9.17, 15) is 8.42 Å². The zero-order valence-corrected chi connectivity index (χ0v) is 10.7. The second-order valence-electron chi connectivity index (χ2n) is 3.95. The second-order valence-corrected chi connectivity index (χ2v) is 6.60. The largest absolute Gasteiger partial charge is 0.384 e. The lowest BCUT2D eigenvalue weighted by Gasteiger charge is -2.33. The lowest BCUT2D eigenvalue weighted by atomic mass is 10.0. The van der Waals surface area contributed by atoms with E-state index in [0.29, 0.717) is 13.1 Å². The zero-order valence-electron chi connectivity index (χ0n) is 9.15. The van der Waals surface area contributed by atoms with Crippen molar-refractivity contribution in [1.82, 2.24) is 4.31 Å². The maximum absolute atomic E-state index is 11.8. The first-order valence-electron chi connectivity index (χ1n) is 5.08. The molecule has 0 aliphatic carbocycles. The molecule has 1 aliphatic heterocycles. The number of alkyl halides is 1. The van der Waals surface area contributed by atoms with Gasteiger partial charge in [-0.15, -0.1) is 11.6 Å². The van der Waals surface area contributed by atoms with Gasteiger partial charge in [0.1, 0.15) is 0 Å². The van der Waals surface area contributed by atoms with Crippen molar-refractivity contribution in [3.8, 4) is 0 Å². The molecule has 0 aromatic rings. The zero-order chi connectivity index (χ0) is 11.5. The van der Waals surface area contributed by atoms with E-state index in [1.54, 1.807) is 0 Å². The Bertz CT molecular complexity index is 294. The molecule has 1 rings (SSSR count). The van der Waals surface area contributed by atoms with Crippen LogP contribution >= 0.6 is 11.6 Å². The van der Waals surface area contributed by atoms with Crippen LogP contribution in [0.3, 0.4) is 0 Å². The fraction of sp³-hybridized carbons (Fsp3) is 1.00. The van der Waals surface area contributed by atoms with Crippen molar-refractivity contribution in [2.45, 2.75) is 18.7 Å². The SMILES string of the molecule is COCCS(=O)(=O)N1CCC(Cl)C(C)C1. The van der Waals surface area contributed by atoms with Crippen molar-refractivity contribution in [3.05, 3.63) is 0 Å². The minimum absolute atomic E-state index is 0.0587. The standard InChI is InChI=1S/C9H18ClNO3S/c1-8-7-11(4-3-9(8)10)15(12,13)6-5-14-2/h8-9H,3-7H2,1-2H3. The second kappa shape index (κ2) is 5.48. The molecule has 2 atom stereocenters. The van der Waals surface area contributed by atoms with Gasteiger partial charge >= 0.3 is 0 Å². The Hall–Kier alpha value is 0.160. The lowest BCUT2D eigenvalue weighted by Crippen LogP contribution is -2.44. The van der Waals surface area contributed by atoms with Crippen LogP contribution in [0.4, 0.5) is 0 Å². The van der Waals surface area contributed by atoms with E-state index in [2.05, 4.69) is 0 Å². The normalized spacial score (nSPS) is 29.3. The highest BCUT2D eigenvalue weighted by Gasteiger charge is 2.31. The molecule has 0 aromatic heterocycles. The third kappa shape index (κ3) is 3.59. The summed E-state index contributed by atoms with van der Waals surface area (Å²) in [6.45, 7) is 3.29. The topological polar surface area (TPSA) is 46.6 Å². The van der Waals surface area contributed by atoms with Crippen molar-refractivity contribution in [3.63, 3.8) is 0 Å². The molecular weight excluding hydrogens is 238 g/mol. The van der Waals surface area contributed by atoms with Gasteiger partial charge in [-0.2, -0.15) is 0 Å².